The summed E-state index contributed by atoms with van der Waals surface area (Å²) in [4.78, 5) is 22.1. The van der Waals surface area contributed by atoms with E-state index in [-0.39, 0.29) is 4.90 Å². The Balaban J connectivity index is 1.29. The molecule has 1 aliphatic rings. The normalized spacial score (nSPS) is 14.2. The van der Waals surface area contributed by atoms with E-state index in [0.717, 1.165) is 18.5 Å². The summed E-state index contributed by atoms with van der Waals surface area (Å²) in [6.07, 6.45) is 4.82. The molecule has 4 heterocycles. The fraction of sp³-hybridized carbons (Fsp3) is 0.192. The fourth-order valence-corrected chi connectivity index (χ4v) is 6.07. The van der Waals surface area contributed by atoms with Crippen LogP contribution in [-0.4, -0.2) is 61.2 Å². The Morgan fingerprint density at radius 1 is 0.947 bits per heavy atom. The van der Waals surface area contributed by atoms with Crippen molar-refractivity contribution in [1.82, 2.24) is 33.8 Å². The van der Waals surface area contributed by atoms with Gasteiger partial charge in [0.15, 0.2) is 11.5 Å². The SMILES string of the molecule is Cc1cc(NC(=O)c2ccc(S(=O)(=O)N3CCCC3)cc2)n(-c2ncnc3c2cnn3-c2ccccc2)n1. The number of anilines is 1. The summed E-state index contributed by atoms with van der Waals surface area (Å²) in [5, 5.41) is 12.6. The van der Waals surface area contributed by atoms with Gasteiger partial charge in [0.1, 0.15) is 12.1 Å². The number of benzene rings is 2. The first-order valence-corrected chi connectivity index (χ1v) is 13.6. The van der Waals surface area contributed by atoms with Gasteiger partial charge in [0.05, 0.1) is 27.9 Å². The van der Waals surface area contributed by atoms with Gasteiger partial charge in [-0.25, -0.2) is 23.1 Å². The van der Waals surface area contributed by atoms with Gasteiger partial charge in [-0.05, 0) is 56.2 Å². The molecule has 3 aromatic heterocycles. The molecule has 1 N–H and O–H groups in total. The van der Waals surface area contributed by atoms with Crippen LogP contribution in [0.2, 0.25) is 0 Å². The molecule has 38 heavy (non-hydrogen) atoms. The number of nitrogens with one attached hydrogen (secondary N) is 1. The molecular weight excluding hydrogens is 504 g/mol. The first-order chi connectivity index (χ1) is 18.4. The maximum Gasteiger partial charge on any atom is 0.256 e. The average molecular weight is 529 g/mol. The highest BCUT2D eigenvalue weighted by Crippen LogP contribution is 2.25. The largest absolute Gasteiger partial charge is 0.306 e. The molecule has 6 rings (SSSR count). The lowest BCUT2D eigenvalue weighted by Gasteiger charge is -2.15. The van der Waals surface area contributed by atoms with Crippen molar-refractivity contribution in [2.75, 3.05) is 18.4 Å². The summed E-state index contributed by atoms with van der Waals surface area (Å²) < 4.78 is 30.3. The molecule has 0 bridgehead atoms. The van der Waals surface area contributed by atoms with Gasteiger partial charge in [0.25, 0.3) is 5.91 Å². The lowest BCUT2D eigenvalue weighted by atomic mass is 10.2. The quantitative estimate of drug-likeness (QED) is 0.358. The molecule has 0 spiro atoms. The second-order valence-corrected chi connectivity index (χ2v) is 10.9. The summed E-state index contributed by atoms with van der Waals surface area (Å²) >= 11 is 0. The van der Waals surface area contributed by atoms with Gasteiger partial charge in [0.2, 0.25) is 10.0 Å². The van der Waals surface area contributed by atoms with Crippen LogP contribution in [0.15, 0.2) is 78.1 Å². The monoisotopic (exact) mass is 528 g/mol. The molecule has 0 radical (unpaired) electrons. The Labute approximate surface area is 218 Å². The Morgan fingerprint density at radius 3 is 2.42 bits per heavy atom. The molecule has 2 aromatic carbocycles. The maximum atomic E-state index is 13.1. The lowest BCUT2D eigenvalue weighted by molar-refractivity contribution is 0.102. The number of carbonyl (C=O) groups excluding carboxylic acids is 1. The molecule has 11 nitrogen and oxygen atoms in total. The first-order valence-electron chi connectivity index (χ1n) is 12.1. The van der Waals surface area contributed by atoms with Crippen LogP contribution in [0, 0.1) is 6.92 Å². The van der Waals surface area contributed by atoms with Gasteiger partial charge in [-0.3, -0.25) is 4.79 Å². The molecule has 12 heteroatoms. The molecule has 0 aliphatic carbocycles. The Kier molecular flexibility index (Phi) is 5.97. The Hall–Kier alpha value is -4.42. The van der Waals surface area contributed by atoms with E-state index in [1.54, 1.807) is 21.6 Å². The third-order valence-corrected chi connectivity index (χ3v) is 8.35. The number of carbonyl (C=O) groups is 1. The van der Waals surface area contributed by atoms with Crippen molar-refractivity contribution >= 4 is 32.8 Å². The zero-order chi connectivity index (χ0) is 26.3. The zero-order valence-corrected chi connectivity index (χ0v) is 21.3. The van der Waals surface area contributed by atoms with E-state index >= 15 is 0 Å². The van der Waals surface area contributed by atoms with Gasteiger partial charge < -0.3 is 5.32 Å². The zero-order valence-electron chi connectivity index (χ0n) is 20.5. The van der Waals surface area contributed by atoms with Crippen LogP contribution in [0.4, 0.5) is 5.82 Å². The number of hydrogen-bond acceptors (Lipinski definition) is 7. The van der Waals surface area contributed by atoms with Gasteiger partial charge >= 0.3 is 0 Å². The van der Waals surface area contributed by atoms with Crippen molar-refractivity contribution in [2.45, 2.75) is 24.7 Å². The average Bonchev–Trinajstić information content (AvgIpc) is 3.69. The van der Waals surface area contributed by atoms with Crippen LogP contribution >= 0.6 is 0 Å². The minimum absolute atomic E-state index is 0.177. The highest BCUT2D eigenvalue weighted by molar-refractivity contribution is 7.89. The van der Waals surface area contributed by atoms with Crippen molar-refractivity contribution in [3.63, 3.8) is 0 Å². The third-order valence-electron chi connectivity index (χ3n) is 6.44. The predicted octanol–water partition coefficient (Wildman–Crippen LogP) is 3.35. The summed E-state index contributed by atoms with van der Waals surface area (Å²) in [5.74, 6) is 0.475. The van der Waals surface area contributed by atoms with Crippen LogP contribution in [-0.2, 0) is 10.0 Å². The summed E-state index contributed by atoms with van der Waals surface area (Å²) in [5.41, 5.74) is 2.45. The van der Waals surface area contributed by atoms with E-state index in [1.165, 1.54) is 34.9 Å². The van der Waals surface area contributed by atoms with Gasteiger partial charge in [-0.2, -0.15) is 19.2 Å². The molecule has 0 atom stereocenters. The van der Waals surface area contributed by atoms with Crippen LogP contribution in [0.3, 0.4) is 0 Å². The topological polar surface area (TPSA) is 128 Å². The molecule has 1 saturated heterocycles. The van der Waals surface area contributed by atoms with Crippen molar-refractivity contribution < 1.29 is 13.2 Å². The van der Waals surface area contributed by atoms with Crippen molar-refractivity contribution in [3.05, 3.63) is 84.4 Å². The number of para-hydroxylation sites is 1. The van der Waals surface area contributed by atoms with Crippen LogP contribution in [0.5, 0.6) is 0 Å². The number of sulfonamides is 1. The lowest BCUT2D eigenvalue weighted by Crippen LogP contribution is -2.27. The van der Waals surface area contributed by atoms with Crippen LogP contribution in [0.1, 0.15) is 28.9 Å². The smallest absolute Gasteiger partial charge is 0.256 e. The molecule has 1 aliphatic heterocycles. The standard InChI is InChI=1S/C26H24N8O3S/c1-18-15-23(30-26(35)19-9-11-21(12-10-19)38(36,37)32-13-5-6-14-32)34(31-18)25-22-16-29-33(24(22)27-17-28-25)20-7-3-2-4-8-20/h2-4,7-12,15-17H,5-6,13-14H2,1H3,(H,30,35). The van der Waals surface area contributed by atoms with E-state index in [9.17, 15) is 13.2 Å². The molecule has 1 amide bonds. The predicted molar refractivity (Wildman–Crippen MR) is 141 cm³/mol. The van der Waals surface area contributed by atoms with Crippen molar-refractivity contribution in [3.8, 4) is 11.5 Å². The molecule has 0 saturated carbocycles. The number of hydrogen-bond donors (Lipinski definition) is 1. The summed E-state index contributed by atoms with van der Waals surface area (Å²) in [6.45, 7) is 2.86. The van der Waals surface area contributed by atoms with E-state index in [0.29, 0.717) is 47.0 Å². The van der Waals surface area contributed by atoms with Crippen molar-refractivity contribution in [2.24, 2.45) is 0 Å². The number of aromatic nitrogens is 6. The number of aryl methyl sites for hydroxylation is 1. The fourth-order valence-electron chi connectivity index (χ4n) is 4.55. The van der Waals surface area contributed by atoms with E-state index in [2.05, 4.69) is 25.5 Å². The number of nitrogens with zero attached hydrogens (tertiary/aromatic N) is 7. The Morgan fingerprint density at radius 2 is 1.68 bits per heavy atom. The van der Waals surface area contributed by atoms with Crippen LogP contribution < -0.4 is 5.32 Å². The molecule has 5 aromatic rings. The molecule has 192 valence electrons. The second kappa shape index (κ2) is 9.47. The van der Waals surface area contributed by atoms with Crippen LogP contribution in [0.25, 0.3) is 22.5 Å². The van der Waals surface area contributed by atoms with Gasteiger partial charge in [-0.15, -0.1) is 0 Å². The number of amides is 1. The van der Waals surface area contributed by atoms with Gasteiger partial charge in [0, 0.05) is 24.7 Å². The van der Waals surface area contributed by atoms with Gasteiger partial charge in [-0.1, -0.05) is 18.2 Å². The summed E-state index contributed by atoms with van der Waals surface area (Å²) in [7, 11) is -3.55. The van der Waals surface area contributed by atoms with E-state index < -0.39 is 15.9 Å². The highest BCUT2D eigenvalue weighted by Gasteiger charge is 2.27. The first kappa shape index (κ1) is 23.9. The molecule has 1 fully saturated rings. The maximum absolute atomic E-state index is 13.1. The van der Waals surface area contributed by atoms with Crippen molar-refractivity contribution in [1.29, 1.82) is 0 Å². The second-order valence-electron chi connectivity index (χ2n) is 9.00. The molecular formula is C26H24N8O3S. The highest BCUT2D eigenvalue weighted by atomic mass is 32.2. The summed E-state index contributed by atoms with van der Waals surface area (Å²) in [6, 6.07) is 17.3. The Bertz CT molecular complexity index is 1740. The minimum Gasteiger partial charge on any atom is -0.306 e. The third kappa shape index (κ3) is 4.23. The number of rotatable bonds is 6. The number of fused-ring (bicyclic) bond motifs is 1. The minimum atomic E-state index is -3.55. The van der Waals surface area contributed by atoms with E-state index in [4.69, 9.17) is 0 Å². The van der Waals surface area contributed by atoms with E-state index in [1.807, 2.05) is 37.3 Å². The molecule has 0 unspecified atom stereocenters.